The van der Waals surface area contributed by atoms with Crippen LogP contribution < -0.4 is 5.32 Å². The van der Waals surface area contributed by atoms with E-state index < -0.39 is 0 Å². The fraction of sp³-hybridized carbons (Fsp3) is 0.273. The third-order valence-corrected chi connectivity index (χ3v) is 6.54. The summed E-state index contributed by atoms with van der Waals surface area (Å²) in [6, 6.07) is 9.61. The van der Waals surface area contributed by atoms with Crippen LogP contribution in [-0.2, 0) is 0 Å². The first-order valence-electron chi connectivity index (χ1n) is 9.86. The number of pyridine rings is 1. The minimum absolute atomic E-state index is 0.0700. The predicted molar refractivity (Wildman–Crippen MR) is 115 cm³/mol. The summed E-state index contributed by atoms with van der Waals surface area (Å²) in [6.45, 7) is 4.57. The summed E-state index contributed by atoms with van der Waals surface area (Å²) >= 11 is 1.47. The molecule has 9 heteroatoms. The van der Waals surface area contributed by atoms with Crippen molar-refractivity contribution in [1.82, 2.24) is 25.4 Å². The van der Waals surface area contributed by atoms with E-state index in [1.54, 1.807) is 35.5 Å². The fourth-order valence-electron chi connectivity index (χ4n) is 3.76. The van der Waals surface area contributed by atoms with Crippen LogP contribution in [0.3, 0.4) is 0 Å². The maximum Gasteiger partial charge on any atom is 0.272 e. The molecule has 4 rings (SSSR count). The third kappa shape index (κ3) is 4.39. The van der Waals surface area contributed by atoms with Crippen LogP contribution >= 0.6 is 11.8 Å². The second-order valence-electron chi connectivity index (χ2n) is 7.56. The average molecular weight is 437 g/mol. The van der Waals surface area contributed by atoms with E-state index in [-0.39, 0.29) is 35.4 Å². The largest absolute Gasteiger partial charge is 0.345 e. The van der Waals surface area contributed by atoms with E-state index >= 15 is 0 Å². The number of halogens is 1. The summed E-state index contributed by atoms with van der Waals surface area (Å²) in [5, 5.41) is 19.3. The second-order valence-corrected chi connectivity index (χ2v) is 8.68. The number of H-pyrrole nitrogens is 1. The van der Waals surface area contributed by atoms with Crippen LogP contribution in [0, 0.1) is 23.2 Å². The van der Waals surface area contributed by atoms with Gasteiger partial charge in [0.05, 0.1) is 17.8 Å². The lowest BCUT2D eigenvalue weighted by atomic mass is 10.0. The number of nitrogens with one attached hydrogen (secondary N) is 2. The lowest BCUT2D eigenvalue weighted by Crippen LogP contribution is -2.44. The van der Waals surface area contributed by atoms with Gasteiger partial charge in [-0.2, -0.15) is 10.4 Å². The first-order chi connectivity index (χ1) is 15.0. The van der Waals surface area contributed by atoms with E-state index in [0.29, 0.717) is 12.2 Å². The number of amides is 1. The number of carbonyl (C=O) groups excluding carboxylic acids is 1. The summed E-state index contributed by atoms with van der Waals surface area (Å²) in [5.41, 5.74) is 1.72. The van der Waals surface area contributed by atoms with Crippen molar-refractivity contribution >= 4 is 17.7 Å². The summed E-state index contributed by atoms with van der Waals surface area (Å²) in [4.78, 5) is 20.5. The standard InChI is InChI=1S/C22H21FN6OS/c1-13-11-29(12-24)14(2)21(13)26-22(30)19-9-18(27-28-19)17-10-25-8-7-20(17)31-16-5-3-15(23)4-6-16/h3-10,13-14,21H,11H2,1-2H3,(H,26,30)(H,27,28)/t13?,14?,21-/m1/s1. The van der Waals surface area contributed by atoms with Gasteiger partial charge < -0.3 is 10.2 Å². The van der Waals surface area contributed by atoms with Crippen molar-refractivity contribution in [2.75, 3.05) is 6.54 Å². The van der Waals surface area contributed by atoms with E-state index in [2.05, 4.69) is 26.7 Å². The number of aromatic amines is 1. The molecule has 1 saturated heterocycles. The Bertz CT molecular complexity index is 1130. The van der Waals surface area contributed by atoms with Crippen LogP contribution in [0.15, 0.2) is 58.6 Å². The monoisotopic (exact) mass is 436 g/mol. The number of carbonyl (C=O) groups is 1. The molecule has 3 heterocycles. The molecule has 0 aliphatic carbocycles. The number of rotatable bonds is 5. The third-order valence-electron chi connectivity index (χ3n) is 5.46. The van der Waals surface area contributed by atoms with Crippen molar-refractivity contribution in [2.45, 2.75) is 35.7 Å². The molecule has 2 aromatic heterocycles. The molecule has 2 N–H and O–H groups in total. The molecule has 0 saturated carbocycles. The highest BCUT2D eigenvalue weighted by molar-refractivity contribution is 7.99. The highest BCUT2D eigenvalue weighted by Gasteiger charge is 2.37. The number of aromatic nitrogens is 3. The normalized spacial score (nSPS) is 20.5. The van der Waals surface area contributed by atoms with Gasteiger partial charge in [-0.3, -0.25) is 14.9 Å². The van der Waals surface area contributed by atoms with Crippen LogP contribution in [0.2, 0.25) is 0 Å². The highest BCUT2D eigenvalue weighted by atomic mass is 32.2. The number of nitriles is 1. The number of hydrogen-bond acceptors (Lipinski definition) is 6. The van der Waals surface area contributed by atoms with Gasteiger partial charge >= 0.3 is 0 Å². The molecule has 31 heavy (non-hydrogen) atoms. The van der Waals surface area contributed by atoms with Gasteiger partial charge in [-0.15, -0.1) is 0 Å². The van der Waals surface area contributed by atoms with Gasteiger partial charge in [0.25, 0.3) is 5.91 Å². The summed E-state index contributed by atoms with van der Waals surface area (Å²) in [7, 11) is 0. The van der Waals surface area contributed by atoms with E-state index in [1.165, 1.54) is 23.9 Å². The Kier molecular flexibility index (Phi) is 5.91. The molecule has 1 fully saturated rings. The average Bonchev–Trinajstić information content (AvgIpc) is 3.36. The minimum Gasteiger partial charge on any atom is -0.345 e. The van der Waals surface area contributed by atoms with Crippen LogP contribution in [-0.4, -0.2) is 44.6 Å². The summed E-state index contributed by atoms with van der Waals surface area (Å²) < 4.78 is 13.2. The molecular formula is C22H21FN6OS. The Balaban J connectivity index is 1.52. The van der Waals surface area contributed by atoms with Gasteiger partial charge in [0.15, 0.2) is 11.9 Å². The van der Waals surface area contributed by atoms with Crippen molar-refractivity contribution in [1.29, 1.82) is 5.26 Å². The molecule has 0 bridgehead atoms. The summed E-state index contributed by atoms with van der Waals surface area (Å²) in [5.74, 6) is -0.413. The van der Waals surface area contributed by atoms with Crippen molar-refractivity contribution < 1.29 is 9.18 Å². The molecule has 3 aromatic rings. The predicted octanol–water partition coefficient (Wildman–Crippen LogP) is 3.68. The zero-order valence-corrected chi connectivity index (χ0v) is 17.9. The number of nitrogens with zero attached hydrogens (tertiary/aromatic N) is 4. The lowest BCUT2D eigenvalue weighted by Gasteiger charge is -2.21. The Morgan fingerprint density at radius 1 is 1.32 bits per heavy atom. The van der Waals surface area contributed by atoms with E-state index in [0.717, 1.165) is 15.4 Å². The minimum atomic E-state index is -0.289. The zero-order chi connectivity index (χ0) is 22.0. The van der Waals surface area contributed by atoms with Gasteiger partial charge in [-0.1, -0.05) is 18.7 Å². The quantitative estimate of drug-likeness (QED) is 0.592. The second kappa shape index (κ2) is 8.78. The van der Waals surface area contributed by atoms with Crippen molar-refractivity contribution in [3.8, 4) is 17.5 Å². The smallest absolute Gasteiger partial charge is 0.272 e. The van der Waals surface area contributed by atoms with Crippen LogP contribution in [0.1, 0.15) is 24.3 Å². The molecule has 1 aromatic carbocycles. The van der Waals surface area contributed by atoms with Gasteiger partial charge in [-0.05, 0) is 49.2 Å². The van der Waals surface area contributed by atoms with Crippen molar-refractivity contribution in [3.05, 3.63) is 60.3 Å². The molecule has 158 valence electrons. The van der Waals surface area contributed by atoms with E-state index in [9.17, 15) is 14.4 Å². The Morgan fingerprint density at radius 2 is 2.10 bits per heavy atom. The Hall–Kier alpha value is -3.38. The Morgan fingerprint density at radius 3 is 2.81 bits per heavy atom. The van der Waals surface area contributed by atoms with Crippen molar-refractivity contribution in [3.63, 3.8) is 0 Å². The molecule has 1 aliphatic heterocycles. The molecular weight excluding hydrogens is 415 g/mol. The summed E-state index contributed by atoms with van der Waals surface area (Å²) in [6.07, 6.45) is 5.56. The number of benzene rings is 1. The first-order valence-corrected chi connectivity index (χ1v) is 10.7. The SMILES string of the molecule is CC1CN(C#N)C(C)[C@@H]1NC(=O)c1cc(-c2cnccc2Sc2ccc(F)cc2)[nH]n1. The first kappa shape index (κ1) is 20.9. The van der Waals surface area contributed by atoms with Gasteiger partial charge in [-0.25, -0.2) is 4.39 Å². The molecule has 3 atom stereocenters. The van der Waals surface area contributed by atoms with E-state index in [1.807, 2.05) is 19.9 Å². The van der Waals surface area contributed by atoms with Crippen LogP contribution in [0.4, 0.5) is 4.39 Å². The zero-order valence-electron chi connectivity index (χ0n) is 17.0. The topological polar surface area (TPSA) is 97.7 Å². The number of likely N-dealkylation sites (tertiary alicyclic amines) is 1. The number of hydrogen-bond donors (Lipinski definition) is 2. The molecule has 7 nitrogen and oxygen atoms in total. The molecule has 1 aliphatic rings. The van der Waals surface area contributed by atoms with Crippen molar-refractivity contribution in [2.24, 2.45) is 5.92 Å². The lowest BCUT2D eigenvalue weighted by molar-refractivity contribution is 0.0918. The van der Waals surface area contributed by atoms with Gasteiger partial charge in [0, 0.05) is 34.3 Å². The molecule has 2 unspecified atom stereocenters. The van der Waals surface area contributed by atoms with Crippen LogP contribution in [0.5, 0.6) is 0 Å². The van der Waals surface area contributed by atoms with Gasteiger partial charge in [0.1, 0.15) is 5.82 Å². The van der Waals surface area contributed by atoms with E-state index in [4.69, 9.17) is 0 Å². The maximum absolute atomic E-state index is 13.2. The van der Waals surface area contributed by atoms with Gasteiger partial charge in [0.2, 0.25) is 0 Å². The highest BCUT2D eigenvalue weighted by Crippen LogP contribution is 2.35. The molecule has 1 amide bonds. The molecule has 0 spiro atoms. The van der Waals surface area contributed by atoms with Crippen LogP contribution in [0.25, 0.3) is 11.3 Å². The molecule has 0 radical (unpaired) electrons. The Labute approximate surface area is 183 Å². The fourth-order valence-corrected chi connectivity index (χ4v) is 4.69. The maximum atomic E-state index is 13.2.